The normalized spacial score (nSPS) is 11.5. The Morgan fingerprint density at radius 1 is 1.20 bits per heavy atom. The third kappa shape index (κ3) is 5.62. The Labute approximate surface area is 142 Å². The first-order valence-electron chi connectivity index (χ1n) is 6.81. The molecule has 12 heteroatoms. The van der Waals surface area contributed by atoms with Gasteiger partial charge in [0.2, 0.25) is 5.91 Å². The number of benzene rings is 1. The molecule has 25 heavy (non-hydrogen) atoms. The minimum atomic E-state index is -4.73. The van der Waals surface area contributed by atoms with E-state index in [1.54, 1.807) is 6.07 Å². The Morgan fingerprint density at radius 2 is 1.88 bits per heavy atom. The summed E-state index contributed by atoms with van der Waals surface area (Å²) >= 11 is 0. The first kappa shape index (κ1) is 18.5. The van der Waals surface area contributed by atoms with Gasteiger partial charge in [-0.3, -0.25) is 14.6 Å². The maximum atomic E-state index is 11.2. The van der Waals surface area contributed by atoms with Crippen LogP contribution in [0.5, 0.6) is 5.75 Å². The summed E-state index contributed by atoms with van der Waals surface area (Å²) in [6, 6.07) is 8.82. The molecule has 1 aromatic heterocycles. The first-order valence-corrected chi connectivity index (χ1v) is 8.34. The van der Waals surface area contributed by atoms with Gasteiger partial charge in [0.05, 0.1) is 6.54 Å². The van der Waals surface area contributed by atoms with Crippen molar-refractivity contribution in [2.24, 2.45) is 16.0 Å². The number of nitrogens with one attached hydrogen (secondary N) is 1. The molecule has 0 aliphatic carbocycles. The van der Waals surface area contributed by atoms with E-state index >= 15 is 0 Å². The Kier molecular flexibility index (Phi) is 5.78. The zero-order valence-corrected chi connectivity index (χ0v) is 13.6. The molecular weight excluding hydrogens is 351 g/mol. The number of phosphoric ester groups is 1. The molecule has 0 atom stereocenters. The van der Waals surface area contributed by atoms with Gasteiger partial charge in [-0.2, -0.15) is 0 Å². The number of para-hydroxylation sites is 1. The van der Waals surface area contributed by atoms with Gasteiger partial charge in [0.25, 0.3) is 0 Å². The molecule has 1 heterocycles. The number of carbonyl (C=O) groups is 1. The van der Waals surface area contributed by atoms with E-state index in [-0.39, 0.29) is 35.3 Å². The van der Waals surface area contributed by atoms with Crippen LogP contribution in [0, 0.1) is 0 Å². The number of nitrogens with zero attached hydrogens (tertiary/aromatic N) is 3. The van der Waals surface area contributed by atoms with Crippen molar-refractivity contribution in [3.8, 4) is 5.75 Å². The third-order valence-corrected chi connectivity index (χ3v) is 3.14. The van der Waals surface area contributed by atoms with Gasteiger partial charge in [0.15, 0.2) is 11.6 Å². The third-order valence-electron chi connectivity index (χ3n) is 2.70. The number of phosphoric acid groups is 1. The van der Waals surface area contributed by atoms with Gasteiger partial charge in [-0.1, -0.05) is 12.1 Å². The van der Waals surface area contributed by atoms with Gasteiger partial charge in [0, 0.05) is 0 Å². The summed E-state index contributed by atoms with van der Waals surface area (Å²) in [7, 11) is -4.73. The number of nitrogen functional groups attached to an aromatic ring is 1. The second-order valence-electron chi connectivity index (χ2n) is 4.60. The highest BCUT2D eigenvalue weighted by Crippen LogP contribution is 2.42. The predicted molar refractivity (Wildman–Crippen MR) is 89.6 cm³/mol. The fourth-order valence-electron chi connectivity index (χ4n) is 1.67. The molecule has 0 radical (unpaired) electrons. The number of azo groups is 1. The average molecular weight is 366 g/mol. The van der Waals surface area contributed by atoms with Crippen LogP contribution in [-0.2, 0) is 9.36 Å². The number of anilines is 2. The number of aromatic nitrogens is 1. The summed E-state index contributed by atoms with van der Waals surface area (Å²) in [5.74, 6) is -0.369. The molecule has 132 valence electrons. The van der Waals surface area contributed by atoms with Crippen LogP contribution in [0.4, 0.5) is 23.0 Å². The number of rotatable bonds is 6. The van der Waals surface area contributed by atoms with Gasteiger partial charge in [-0.15, -0.1) is 10.2 Å². The summed E-state index contributed by atoms with van der Waals surface area (Å²) in [5.41, 5.74) is 11.2. The van der Waals surface area contributed by atoms with Crippen LogP contribution in [0.1, 0.15) is 0 Å². The van der Waals surface area contributed by atoms with E-state index in [9.17, 15) is 9.36 Å². The molecule has 7 N–H and O–H groups in total. The molecule has 0 aliphatic rings. The Morgan fingerprint density at radius 3 is 2.52 bits per heavy atom. The molecule has 11 nitrogen and oxygen atoms in total. The lowest BCUT2D eigenvalue weighted by Crippen LogP contribution is -2.22. The van der Waals surface area contributed by atoms with Crippen molar-refractivity contribution < 1.29 is 23.7 Å². The van der Waals surface area contributed by atoms with E-state index in [1.807, 2.05) is 0 Å². The average Bonchev–Trinajstić information content (AvgIpc) is 2.54. The molecule has 0 bridgehead atoms. The standard InChI is InChI=1S/C13H15N6O5P/c14-7-12(20)16-11-6-5-9(13(15)17-11)19-18-8-3-1-2-4-10(8)24-25(21,22)23/h1-6H,7,14H2,(H2,21,22,23)(H3,15,16,17,20). The van der Waals surface area contributed by atoms with E-state index in [4.69, 9.17) is 21.3 Å². The molecule has 2 aromatic rings. The number of nitrogens with two attached hydrogens (primary N) is 2. The number of hydrogen-bond acceptors (Lipinski definition) is 8. The summed E-state index contributed by atoms with van der Waals surface area (Å²) in [4.78, 5) is 32.9. The maximum Gasteiger partial charge on any atom is 0.524 e. The summed E-state index contributed by atoms with van der Waals surface area (Å²) in [5, 5.41) is 10.2. The van der Waals surface area contributed by atoms with Crippen molar-refractivity contribution in [2.45, 2.75) is 0 Å². The Hall–Kier alpha value is -2.85. The zero-order chi connectivity index (χ0) is 18.4. The molecule has 0 unspecified atom stereocenters. The van der Waals surface area contributed by atoms with E-state index < -0.39 is 13.7 Å². The van der Waals surface area contributed by atoms with E-state index in [0.717, 1.165) is 0 Å². The van der Waals surface area contributed by atoms with Crippen LogP contribution in [0.15, 0.2) is 46.6 Å². The molecule has 0 fully saturated rings. The molecule has 1 aromatic carbocycles. The molecule has 1 amide bonds. The minimum absolute atomic E-state index is 0.00745. The second kappa shape index (κ2) is 7.81. The number of hydrogen-bond donors (Lipinski definition) is 5. The number of pyridine rings is 1. The fourth-order valence-corrected chi connectivity index (χ4v) is 2.08. The van der Waals surface area contributed by atoms with Crippen LogP contribution >= 0.6 is 7.82 Å². The van der Waals surface area contributed by atoms with Gasteiger partial charge < -0.3 is 21.3 Å². The van der Waals surface area contributed by atoms with E-state index in [1.165, 1.54) is 30.3 Å². The van der Waals surface area contributed by atoms with Gasteiger partial charge >= 0.3 is 7.82 Å². The number of amides is 1. The Bertz CT molecular complexity index is 853. The molecule has 0 spiro atoms. The lowest BCUT2D eigenvalue weighted by Gasteiger charge is -2.08. The lowest BCUT2D eigenvalue weighted by molar-refractivity contribution is -0.114. The highest BCUT2D eigenvalue weighted by molar-refractivity contribution is 7.46. The van der Waals surface area contributed by atoms with Crippen molar-refractivity contribution in [3.63, 3.8) is 0 Å². The number of carbonyl (C=O) groups excluding carboxylic acids is 1. The van der Waals surface area contributed by atoms with Crippen molar-refractivity contribution in [1.82, 2.24) is 4.98 Å². The van der Waals surface area contributed by atoms with Crippen molar-refractivity contribution in [2.75, 3.05) is 17.6 Å². The van der Waals surface area contributed by atoms with Crippen LogP contribution < -0.4 is 21.3 Å². The fraction of sp³-hybridized carbons (Fsp3) is 0.0769. The van der Waals surface area contributed by atoms with Crippen molar-refractivity contribution in [1.29, 1.82) is 0 Å². The van der Waals surface area contributed by atoms with Crippen LogP contribution in [0.25, 0.3) is 0 Å². The SMILES string of the molecule is NCC(=O)Nc1ccc(N=Nc2ccccc2OP(=O)(O)O)c(N)n1. The smallest absolute Gasteiger partial charge is 0.402 e. The molecule has 0 saturated carbocycles. The first-order chi connectivity index (χ1) is 11.8. The summed E-state index contributed by atoms with van der Waals surface area (Å²) in [6.45, 7) is -0.195. The van der Waals surface area contributed by atoms with Crippen LogP contribution in [-0.4, -0.2) is 27.2 Å². The molecule has 0 aliphatic heterocycles. The van der Waals surface area contributed by atoms with E-state index in [2.05, 4.69) is 25.1 Å². The largest absolute Gasteiger partial charge is 0.524 e. The molecule has 2 rings (SSSR count). The molecular formula is C13H15N6O5P. The highest BCUT2D eigenvalue weighted by atomic mass is 31.2. The predicted octanol–water partition coefficient (Wildman–Crippen LogP) is 1.45. The van der Waals surface area contributed by atoms with E-state index in [0.29, 0.717) is 0 Å². The van der Waals surface area contributed by atoms with Crippen molar-refractivity contribution >= 4 is 36.7 Å². The lowest BCUT2D eigenvalue weighted by atomic mass is 10.3. The van der Waals surface area contributed by atoms with Crippen LogP contribution in [0.3, 0.4) is 0 Å². The summed E-state index contributed by atoms with van der Waals surface area (Å²) < 4.78 is 15.5. The second-order valence-corrected chi connectivity index (χ2v) is 5.77. The maximum absolute atomic E-state index is 11.2. The zero-order valence-electron chi connectivity index (χ0n) is 12.7. The topological polar surface area (TPSA) is 186 Å². The van der Waals surface area contributed by atoms with Crippen LogP contribution in [0.2, 0.25) is 0 Å². The van der Waals surface area contributed by atoms with Gasteiger partial charge in [-0.25, -0.2) is 9.55 Å². The summed E-state index contributed by atoms with van der Waals surface area (Å²) in [6.07, 6.45) is 0. The van der Waals surface area contributed by atoms with Gasteiger partial charge in [0.1, 0.15) is 17.2 Å². The van der Waals surface area contributed by atoms with Gasteiger partial charge in [-0.05, 0) is 24.3 Å². The highest BCUT2D eigenvalue weighted by Gasteiger charge is 2.18. The monoisotopic (exact) mass is 366 g/mol. The quantitative estimate of drug-likeness (QED) is 0.375. The minimum Gasteiger partial charge on any atom is -0.402 e. The molecule has 0 saturated heterocycles. The van der Waals surface area contributed by atoms with Crippen molar-refractivity contribution in [3.05, 3.63) is 36.4 Å². The Balaban J connectivity index is 2.22.